The number of carboxylic acids is 1. The van der Waals surface area contributed by atoms with E-state index in [0.717, 1.165) is 0 Å². The molecule has 1 aromatic carbocycles. The Labute approximate surface area is 114 Å². The van der Waals surface area contributed by atoms with Crippen molar-refractivity contribution in [3.05, 3.63) is 24.3 Å². The molecule has 0 saturated heterocycles. The van der Waals surface area contributed by atoms with Crippen LogP contribution in [0.15, 0.2) is 24.3 Å². The third-order valence-corrected chi connectivity index (χ3v) is 2.26. The minimum atomic E-state index is -1.41. The lowest BCUT2D eigenvalue weighted by molar-refractivity contribution is -0.143. The summed E-state index contributed by atoms with van der Waals surface area (Å²) in [6, 6.07) is 4.59. The quantitative estimate of drug-likeness (QED) is 0.517. The summed E-state index contributed by atoms with van der Waals surface area (Å²) in [7, 11) is 0. The van der Waals surface area contributed by atoms with Gasteiger partial charge in [0.25, 0.3) is 5.91 Å². The molecular weight excluding hydrogens is 268 g/mol. The van der Waals surface area contributed by atoms with Crippen molar-refractivity contribution in [3.8, 4) is 11.5 Å². The summed E-state index contributed by atoms with van der Waals surface area (Å²) in [5.41, 5.74) is 4.87. The van der Waals surface area contributed by atoms with Gasteiger partial charge in [0.1, 0.15) is 6.04 Å². The highest BCUT2D eigenvalue weighted by Crippen LogP contribution is 2.23. The number of para-hydroxylation sites is 2. The predicted molar refractivity (Wildman–Crippen MR) is 67.0 cm³/mol. The number of ether oxygens (including phenoxy) is 1. The van der Waals surface area contributed by atoms with Gasteiger partial charge in [-0.15, -0.1) is 0 Å². The summed E-state index contributed by atoms with van der Waals surface area (Å²) in [6.07, 6.45) is -0.516. The average Bonchev–Trinajstić information content (AvgIpc) is 2.36. The number of hydrogen-bond acceptors (Lipinski definition) is 5. The number of primary amides is 1. The van der Waals surface area contributed by atoms with Crippen LogP contribution in [0.4, 0.5) is 0 Å². The second-order valence-electron chi connectivity index (χ2n) is 3.89. The molecule has 8 heteroatoms. The van der Waals surface area contributed by atoms with Crippen LogP contribution in [0, 0.1) is 0 Å². The number of carbonyl (C=O) groups excluding carboxylic acids is 2. The molecule has 0 radical (unpaired) electrons. The van der Waals surface area contributed by atoms with Crippen LogP contribution in [0.2, 0.25) is 0 Å². The van der Waals surface area contributed by atoms with E-state index in [9.17, 15) is 19.5 Å². The number of phenolic OH excluding ortho intramolecular Hbond substituents is 1. The molecule has 0 aliphatic rings. The van der Waals surface area contributed by atoms with E-state index >= 15 is 0 Å². The van der Waals surface area contributed by atoms with E-state index in [-0.39, 0.29) is 11.5 Å². The van der Waals surface area contributed by atoms with E-state index in [1.807, 2.05) is 0 Å². The number of rotatable bonds is 7. The summed E-state index contributed by atoms with van der Waals surface area (Å²) in [5.74, 6) is -3.03. The second kappa shape index (κ2) is 6.98. The third kappa shape index (κ3) is 4.84. The van der Waals surface area contributed by atoms with E-state index in [1.165, 1.54) is 12.1 Å². The fraction of sp³-hybridized carbons (Fsp3) is 0.250. The Morgan fingerprint density at radius 2 is 1.95 bits per heavy atom. The number of benzene rings is 1. The first kappa shape index (κ1) is 15.3. The molecule has 0 heterocycles. The van der Waals surface area contributed by atoms with Gasteiger partial charge in [-0.05, 0) is 12.1 Å². The van der Waals surface area contributed by atoms with E-state index in [4.69, 9.17) is 15.6 Å². The van der Waals surface area contributed by atoms with Crippen LogP contribution in [0.3, 0.4) is 0 Å². The molecule has 2 amide bonds. The number of phenols is 1. The van der Waals surface area contributed by atoms with Gasteiger partial charge in [-0.3, -0.25) is 9.59 Å². The minimum absolute atomic E-state index is 0.0874. The lowest BCUT2D eigenvalue weighted by Gasteiger charge is -2.13. The Morgan fingerprint density at radius 3 is 2.50 bits per heavy atom. The highest BCUT2D eigenvalue weighted by molar-refractivity contribution is 5.88. The third-order valence-electron chi connectivity index (χ3n) is 2.26. The Bertz CT molecular complexity index is 516. The van der Waals surface area contributed by atoms with Gasteiger partial charge in [0.05, 0.1) is 6.42 Å². The molecule has 1 atom stereocenters. The number of nitrogens with two attached hydrogens (primary N) is 1. The molecule has 0 aliphatic carbocycles. The van der Waals surface area contributed by atoms with Crippen molar-refractivity contribution >= 4 is 17.8 Å². The van der Waals surface area contributed by atoms with Gasteiger partial charge >= 0.3 is 5.97 Å². The molecule has 8 nitrogen and oxygen atoms in total. The second-order valence-corrected chi connectivity index (χ2v) is 3.89. The summed E-state index contributed by atoms with van der Waals surface area (Å²) >= 11 is 0. The van der Waals surface area contributed by atoms with Crippen LogP contribution in [0.5, 0.6) is 11.5 Å². The van der Waals surface area contributed by atoms with Crippen LogP contribution in [0.25, 0.3) is 0 Å². The van der Waals surface area contributed by atoms with Crippen molar-refractivity contribution in [3.63, 3.8) is 0 Å². The number of carboxylic acid groups (broad SMARTS) is 1. The number of nitrogens with one attached hydrogen (secondary N) is 1. The molecule has 20 heavy (non-hydrogen) atoms. The number of amides is 2. The largest absolute Gasteiger partial charge is 0.504 e. The molecule has 0 unspecified atom stereocenters. The van der Waals surface area contributed by atoms with Gasteiger partial charge in [0.15, 0.2) is 18.1 Å². The first-order chi connectivity index (χ1) is 9.40. The molecule has 5 N–H and O–H groups in total. The van der Waals surface area contributed by atoms with Gasteiger partial charge in [-0.2, -0.15) is 0 Å². The fourth-order valence-electron chi connectivity index (χ4n) is 1.36. The Morgan fingerprint density at radius 1 is 1.30 bits per heavy atom. The minimum Gasteiger partial charge on any atom is -0.504 e. The zero-order chi connectivity index (χ0) is 15.1. The van der Waals surface area contributed by atoms with Gasteiger partial charge in [0, 0.05) is 0 Å². The molecular formula is C12H14N2O6. The Kier molecular flexibility index (Phi) is 5.33. The van der Waals surface area contributed by atoms with Crippen LogP contribution in [-0.4, -0.2) is 40.6 Å². The first-order valence-electron chi connectivity index (χ1n) is 5.61. The van der Waals surface area contributed by atoms with Crippen LogP contribution >= 0.6 is 0 Å². The maximum atomic E-state index is 11.5. The van der Waals surface area contributed by atoms with Crippen LogP contribution in [0.1, 0.15) is 6.42 Å². The topological polar surface area (TPSA) is 139 Å². The molecule has 108 valence electrons. The Hall–Kier alpha value is -2.77. The molecule has 0 bridgehead atoms. The van der Waals surface area contributed by atoms with Gasteiger partial charge in [0.2, 0.25) is 5.91 Å². The molecule has 0 aromatic heterocycles. The number of hydrogen-bond donors (Lipinski definition) is 4. The number of carbonyl (C=O) groups is 3. The van der Waals surface area contributed by atoms with Crippen LogP contribution in [-0.2, 0) is 14.4 Å². The van der Waals surface area contributed by atoms with E-state index < -0.39 is 36.9 Å². The van der Waals surface area contributed by atoms with E-state index in [2.05, 4.69) is 5.32 Å². The number of aliphatic carboxylic acids is 1. The smallest absolute Gasteiger partial charge is 0.326 e. The zero-order valence-corrected chi connectivity index (χ0v) is 10.4. The predicted octanol–water partition coefficient (Wildman–Crippen LogP) is -0.784. The lowest BCUT2D eigenvalue weighted by Crippen LogP contribution is -2.45. The molecule has 0 fully saturated rings. The van der Waals surface area contributed by atoms with Crippen molar-refractivity contribution < 1.29 is 29.3 Å². The number of aromatic hydroxyl groups is 1. The summed E-state index contributed by atoms with van der Waals surface area (Å²) in [4.78, 5) is 32.9. The fourth-order valence-corrected chi connectivity index (χ4v) is 1.36. The van der Waals surface area contributed by atoms with E-state index in [0.29, 0.717) is 0 Å². The first-order valence-corrected chi connectivity index (χ1v) is 5.61. The normalized spacial score (nSPS) is 11.4. The highest BCUT2D eigenvalue weighted by atomic mass is 16.5. The summed E-state index contributed by atoms with van der Waals surface area (Å²) < 4.78 is 5.01. The summed E-state index contributed by atoms with van der Waals surface area (Å²) in [5, 5.41) is 20.3. The lowest BCUT2D eigenvalue weighted by atomic mass is 10.2. The maximum absolute atomic E-state index is 11.5. The molecule has 1 rings (SSSR count). The van der Waals surface area contributed by atoms with Gasteiger partial charge in [-0.1, -0.05) is 12.1 Å². The van der Waals surface area contributed by atoms with Crippen LogP contribution < -0.4 is 15.8 Å². The Balaban J connectivity index is 2.52. The van der Waals surface area contributed by atoms with Gasteiger partial charge < -0.3 is 26.0 Å². The zero-order valence-electron chi connectivity index (χ0n) is 10.4. The molecule has 0 aliphatic heterocycles. The average molecular weight is 282 g/mol. The van der Waals surface area contributed by atoms with Crippen molar-refractivity contribution in [1.29, 1.82) is 0 Å². The molecule has 1 aromatic rings. The van der Waals surface area contributed by atoms with Crippen molar-refractivity contribution in [2.75, 3.05) is 6.61 Å². The summed E-state index contributed by atoms with van der Waals surface area (Å²) in [6.45, 7) is -0.500. The van der Waals surface area contributed by atoms with Crippen molar-refractivity contribution in [1.82, 2.24) is 5.32 Å². The van der Waals surface area contributed by atoms with E-state index in [1.54, 1.807) is 12.1 Å². The molecule has 0 spiro atoms. The SMILES string of the molecule is NC(=O)C[C@@H](NC(=O)COc1ccccc1O)C(=O)O. The molecule has 0 saturated carbocycles. The van der Waals surface area contributed by atoms with Crippen molar-refractivity contribution in [2.45, 2.75) is 12.5 Å². The van der Waals surface area contributed by atoms with Crippen molar-refractivity contribution in [2.24, 2.45) is 5.73 Å². The van der Waals surface area contributed by atoms with Gasteiger partial charge in [-0.25, -0.2) is 4.79 Å². The maximum Gasteiger partial charge on any atom is 0.326 e. The monoisotopic (exact) mass is 282 g/mol. The highest BCUT2D eigenvalue weighted by Gasteiger charge is 2.22. The standard InChI is InChI=1S/C12H14N2O6/c13-10(16)5-7(12(18)19)14-11(17)6-20-9-4-2-1-3-8(9)15/h1-4,7,15H,5-6H2,(H2,13,16)(H,14,17)(H,18,19)/t7-/m1/s1.